The monoisotopic (exact) mass is 275 g/mol. The summed E-state index contributed by atoms with van der Waals surface area (Å²) in [4.78, 5) is 8.90. The molecule has 3 rings (SSSR count). The van der Waals surface area contributed by atoms with Gasteiger partial charge in [0.15, 0.2) is 5.13 Å². The lowest BCUT2D eigenvalue weighted by molar-refractivity contribution is 0.868. The highest BCUT2D eigenvalue weighted by atomic mass is 32.1. The van der Waals surface area contributed by atoms with Crippen molar-refractivity contribution >= 4 is 38.0 Å². The van der Waals surface area contributed by atoms with Crippen molar-refractivity contribution in [3.05, 3.63) is 40.3 Å². The summed E-state index contributed by atoms with van der Waals surface area (Å²) < 4.78 is 1.23. The van der Waals surface area contributed by atoms with Crippen molar-refractivity contribution in [1.82, 2.24) is 9.97 Å². The minimum absolute atomic E-state index is 0.201. The molecular weight excluding hydrogens is 262 g/mol. The number of aromatic nitrogens is 2. The maximum absolute atomic E-state index is 4.59. The van der Waals surface area contributed by atoms with E-state index in [9.17, 15) is 0 Å². The van der Waals surface area contributed by atoms with Crippen LogP contribution >= 0.6 is 22.7 Å². The number of anilines is 1. The van der Waals surface area contributed by atoms with Crippen LogP contribution in [0.25, 0.3) is 10.2 Å². The van der Waals surface area contributed by atoms with Crippen LogP contribution in [0, 0.1) is 6.92 Å². The summed E-state index contributed by atoms with van der Waals surface area (Å²) in [6, 6.07) is 6.54. The number of hydrogen-bond donors (Lipinski definition) is 1. The number of benzene rings is 1. The molecule has 0 amide bonds. The topological polar surface area (TPSA) is 37.8 Å². The number of aryl methyl sites for hydroxylation is 1. The third-order valence-electron chi connectivity index (χ3n) is 2.71. The van der Waals surface area contributed by atoms with Crippen molar-refractivity contribution in [2.24, 2.45) is 0 Å². The molecule has 0 bridgehead atoms. The molecule has 0 aliphatic carbocycles. The lowest BCUT2D eigenvalue weighted by atomic mass is 10.2. The normalized spacial score (nSPS) is 12.8. The third-order valence-corrected chi connectivity index (χ3v) is 4.61. The Balaban J connectivity index is 1.86. The van der Waals surface area contributed by atoms with Gasteiger partial charge in [-0.25, -0.2) is 9.97 Å². The van der Waals surface area contributed by atoms with E-state index in [0.717, 1.165) is 15.7 Å². The van der Waals surface area contributed by atoms with Crippen LogP contribution in [0.3, 0.4) is 0 Å². The molecule has 1 N–H and O–H groups in total. The van der Waals surface area contributed by atoms with Crippen molar-refractivity contribution in [1.29, 1.82) is 0 Å². The van der Waals surface area contributed by atoms with Crippen LogP contribution < -0.4 is 5.32 Å². The minimum Gasteiger partial charge on any atom is -0.353 e. The second kappa shape index (κ2) is 4.66. The first-order valence-corrected chi connectivity index (χ1v) is 7.45. The van der Waals surface area contributed by atoms with E-state index >= 15 is 0 Å². The molecule has 2 heterocycles. The highest BCUT2D eigenvalue weighted by Crippen LogP contribution is 2.29. The Morgan fingerprint density at radius 2 is 2.22 bits per heavy atom. The summed E-state index contributed by atoms with van der Waals surface area (Å²) in [6.07, 6.45) is 1.83. The van der Waals surface area contributed by atoms with Crippen LogP contribution in [-0.4, -0.2) is 9.97 Å². The molecule has 0 spiro atoms. The second-order valence-corrected chi connectivity index (χ2v) is 6.18. The van der Waals surface area contributed by atoms with Gasteiger partial charge < -0.3 is 5.32 Å². The molecule has 92 valence electrons. The first-order chi connectivity index (χ1) is 8.72. The number of hydrogen-bond acceptors (Lipinski definition) is 5. The van der Waals surface area contributed by atoms with Crippen molar-refractivity contribution < 1.29 is 0 Å². The molecule has 0 saturated heterocycles. The molecule has 2 aromatic heterocycles. The Hall–Kier alpha value is -1.46. The van der Waals surface area contributed by atoms with E-state index in [4.69, 9.17) is 0 Å². The van der Waals surface area contributed by atoms with E-state index in [1.165, 1.54) is 10.3 Å². The van der Waals surface area contributed by atoms with Crippen LogP contribution in [0.1, 0.15) is 23.5 Å². The highest BCUT2D eigenvalue weighted by Gasteiger charge is 2.10. The summed E-state index contributed by atoms with van der Waals surface area (Å²) in [6.45, 7) is 4.21. The molecule has 1 unspecified atom stereocenters. The molecule has 0 saturated carbocycles. The van der Waals surface area contributed by atoms with Crippen molar-refractivity contribution in [3.8, 4) is 0 Å². The van der Waals surface area contributed by atoms with Gasteiger partial charge in [0.2, 0.25) is 0 Å². The molecule has 0 fully saturated rings. The molecule has 5 heteroatoms. The van der Waals surface area contributed by atoms with Crippen LogP contribution in [0.5, 0.6) is 0 Å². The largest absolute Gasteiger partial charge is 0.353 e. The van der Waals surface area contributed by atoms with Gasteiger partial charge in [-0.3, -0.25) is 0 Å². The molecule has 0 aliphatic rings. The van der Waals surface area contributed by atoms with Gasteiger partial charge in [-0.15, -0.1) is 11.3 Å². The fourth-order valence-corrected chi connectivity index (χ4v) is 3.49. The van der Waals surface area contributed by atoms with E-state index in [1.54, 1.807) is 22.7 Å². The number of nitrogens with zero attached hydrogens (tertiary/aromatic N) is 2. The van der Waals surface area contributed by atoms with Crippen molar-refractivity contribution in [3.63, 3.8) is 0 Å². The third kappa shape index (κ3) is 2.23. The van der Waals surface area contributed by atoms with E-state index in [0.29, 0.717) is 0 Å². The average molecular weight is 275 g/mol. The Bertz CT molecular complexity index is 658. The Morgan fingerprint density at radius 1 is 1.33 bits per heavy atom. The summed E-state index contributed by atoms with van der Waals surface area (Å²) in [7, 11) is 0. The Kier molecular flexibility index (Phi) is 3.01. The van der Waals surface area contributed by atoms with Gasteiger partial charge in [0.25, 0.3) is 0 Å². The van der Waals surface area contributed by atoms with Gasteiger partial charge in [0.05, 0.1) is 16.3 Å². The zero-order valence-corrected chi connectivity index (χ0v) is 11.8. The number of thiazole rings is 2. The Labute approximate surface area is 114 Å². The SMILES string of the molecule is Cc1ccc2nc(NC(C)c3nccs3)sc2c1. The number of rotatable bonds is 3. The second-order valence-electron chi connectivity index (χ2n) is 4.23. The van der Waals surface area contributed by atoms with Gasteiger partial charge in [0.1, 0.15) is 5.01 Å². The van der Waals surface area contributed by atoms with Crippen LogP contribution in [-0.2, 0) is 0 Å². The molecule has 1 atom stereocenters. The lowest BCUT2D eigenvalue weighted by Gasteiger charge is -2.08. The molecule has 3 nitrogen and oxygen atoms in total. The van der Waals surface area contributed by atoms with Gasteiger partial charge in [-0.1, -0.05) is 17.4 Å². The molecule has 1 aromatic carbocycles. The minimum atomic E-state index is 0.201. The zero-order chi connectivity index (χ0) is 12.5. The van der Waals surface area contributed by atoms with E-state index in [1.807, 2.05) is 11.6 Å². The van der Waals surface area contributed by atoms with Crippen LogP contribution in [0.4, 0.5) is 5.13 Å². The summed E-state index contributed by atoms with van der Waals surface area (Å²) in [5, 5.41) is 7.45. The smallest absolute Gasteiger partial charge is 0.184 e. The van der Waals surface area contributed by atoms with Crippen LogP contribution in [0.2, 0.25) is 0 Å². The molecule has 3 aromatic rings. The highest BCUT2D eigenvalue weighted by molar-refractivity contribution is 7.22. The standard InChI is InChI=1S/C13H13N3S2/c1-8-3-4-10-11(7-8)18-13(16-10)15-9(2)12-14-5-6-17-12/h3-7,9H,1-2H3,(H,15,16). The fourth-order valence-electron chi connectivity index (χ4n) is 1.79. The predicted octanol–water partition coefficient (Wildman–Crippen LogP) is 4.23. The lowest BCUT2D eigenvalue weighted by Crippen LogP contribution is -2.05. The first-order valence-electron chi connectivity index (χ1n) is 5.75. The van der Waals surface area contributed by atoms with Gasteiger partial charge in [-0.05, 0) is 31.5 Å². The maximum atomic E-state index is 4.59. The van der Waals surface area contributed by atoms with E-state index in [2.05, 4.69) is 47.3 Å². The maximum Gasteiger partial charge on any atom is 0.184 e. The van der Waals surface area contributed by atoms with Gasteiger partial charge in [0, 0.05) is 11.6 Å². The predicted molar refractivity (Wildman–Crippen MR) is 78.5 cm³/mol. The Morgan fingerprint density at radius 3 is 3.00 bits per heavy atom. The number of fused-ring (bicyclic) bond motifs is 1. The first kappa shape index (κ1) is 11.6. The van der Waals surface area contributed by atoms with Gasteiger partial charge in [-0.2, -0.15) is 0 Å². The molecular formula is C13H13N3S2. The zero-order valence-electron chi connectivity index (χ0n) is 10.2. The fraction of sp³-hybridized carbons (Fsp3) is 0.231. The quantitative estimate of drug-likeness (QED) is 0.777. The molecule has 0 radical (unpaired) electrons. The van der Waals surface area contributed by atoms with E-state index in [-0.39, 0.29) is 6.04 Å². The summed E-state index contributed by atoms with van der Waals surface area (Å²) in [5.74, 6) is 0. The molecule has 0 aliphatic heterocycles. The summed E-state index contributed by atoms with van der Waals surface area (Å²) >= 11 is 3.35. The van der Waals surface area contributed by atoms with E-state index < -0.39 is 0 Å². The van der Waals surface area contributed by atoms with Crippen molar-refractivity contribution in [2.45, 2.75) is 19.9 Å². The van der Waals surface area contributed by atoms with Crippen LogP contribution in [0.15, 0.2) is 29.8 Å². The van der Waals surface area contributed by atoms with Crippen molar-refractivity contribution in [2.75, 3.05) is 5.32 Å². The number of nitrogens with one attached hydrogen (secondary N) is 1. The molecule has 18 heavy (non-hydrogen) atoms. The summed E-state index contributed by atoms with van der Waals surface area (Å²) in [5.41, 5.74) is 2.32. The average Bonchev–Trinajstić information content (AvgIpc) is 2.95. The van der Waals surface area contributed by atoms with Gasteiger partial charge >= 0.3 is 0 Å².